The van der Waals surface area contributed by atoms with Gasteiger partial charge in [0.1, 0.15) is 0 Å². The molecule has 18 heavy (non-hydrogen) atoms. The summed E-state index contributed by atoms with van der Waals surface area (Å²) in [6.45, 7) is 2.28. The van der Waals surface area contributed by atoms with Gasteiger partial charge in [-0.15, -0.1) is 11.3 Å². The van der Waals surface area contributed by atoms with Gasteiger partial charge < -0.3 is 5.11 Å². The first-order chi connectivity index (χ1) is 8.72. The van der Waals surface area contributed by atoms with Crippen LogP contribution in [0.1, 0.15) is 31.2 Å². The Morgan fingerprint density at radius 1 is 1.39 bits per heavy atom. The van der Waals surface area contributed by atoms with Crippen molar-refractivity contribution in [3.63, 3.8) is 0 Å². The van der Waals surface area contributed by atoms with Crippen LogP contribution in [-0.4, -0.2) is 16.2 Å². The minimum absolute atomic E-state index is 0.212. The highest BCUT2D eigenvalue weighted by molar-refractivity contribution is 7.18. The lowest BCUT2D eigenvalue weighted by Gasteiger charge is -2.16. The number of thiazole rings is 1. The summed E-state index contributed by atoms with van der Waals surface area (Å²) in [6.07, 6.45) is 4.12. The van der Waals surface area contributed by atoms with Crippen molar-refractivity contribution in [2.24, 2.45) is 11.8 Å². The maximum absolute atomic E-state index is 10.3. The average Bonchev–Trinajstić information content (AvgIpc) is 2.94. The van der Waals surface area contributed by atoms with E-state index in [4.69, 9.17) is 0 Å². The molecule has 0 radical (unpaired) electrons. The number of rotatable bonds is 3. The van der Waals surface area contributed by atoms with Crippen molar-refractivity contribution in [2.45, 2.75) is 38.7 Å². The lowest BCUT2D eigenvalue weighted by molar-refractivity contribution is 0.109. The molecule has 3 atom stereocenters. The largest absolute Gasteiger partial charge is 0.392 e. The minimum Gasteiger partial charge on any atom is -0.392 e. The van der Waals surface area contributed by atoms with E-state index in [1.54, 1.807) is 11.3 Å². The summed E-state index contributed by atoms with van der Waals surface area (Å²) in [6, 6.07) is 8.19. The Morgan fingerprint density at radius 2 is 2.22 bits per heavy atom. The first-order valence-corrected chi connectivity index (χ1v) is 7.56. The van der Waals surface area contributed by atoms with Crippen molar-refractivity contribution in [3.05, 3.63) is 29.3 Å². The SMILES string of the molecule is CC1CCC(C(O)Cc2nc3ccccc3s2)C1. The molecule has 0 aliphatic heterocycles. The lowest BCUT2D eigenvalue weighted by atomic mass is 9.97. The van der Waals surface area contributed by atoms with Gasteiger partial charge in [-0.25, -0.2) is 4.98 Å². The summed E-state index contributed by atoms with van der Waals surface area (Å²) >= 11 is 1.71. The highest BCUT2D eigenvalue weighted by atomic mass is 32.1. The molecule has 0 spiro atoms. The molecule has 3 unspecified atom stereocenters. The molecule has 96 valence electrons. The number of hydrogen-bond donors (Lipinski definition) is 1. The van der Waals surface area contributed by atoms with Gasteiger partial charge in [0.05, 0.1) is 21.3 Å². The number of para-hydroxylation sites is 1. The molecular formula is C15H19NOS. The molecule has 1 aromatic heterocycles. The lowest BCUT2D eigenvalue weighted by Crippen LogP contribution is -2.20. The first-order valence-electron chi connectivity index (χ1n) is 6.75. The van der Waals surface area contributed by atoms with Crippen molar-refractivity contribution >= 4 is 21.6 Å². The molecule has 0 amide bonds. The second kappa shape index (κ2) is 4.98. The van der Waals surface area contributed by atoms with Crippen LogP contribution in [0.2, 0.25) is 0 Å². The summed E-state index contributed by atoms with van der Waals surface area (Å²) in [5, 5.41) is 11.4. The molecule has 1 N–H and O–H groups in total. The number of fused-ring (bicyclic) bond motifs is 1. The maximum atomic E-state index is 10.3. The molecular weight excluding hydrogens is 242 g/mol. The number of benzene rings is 1. The van der Waals surface area contributed by atoms with Gasteiger partial charge in [-0.3, -0.25) is 0 Å². The first kappa shape index (κ1) is 12.1. The van der Waals surface area contributed by atoms with Crippen molar-refractivity contribution < 1.29 is 5.11 Å². The van der Waals surface area contributed by atoms with Crippen molar-refractivity contribution in [2.75, 3.05) is 0 Å². The fourth-order valence-corrected chi connectivity index (χ4v) is 3.97. The molecule has 2 aromatic rings. The monoisotopic (exact) mass is 261 g/mol. The molecule has 1 fully saturated rings. The number of nitrogens with zero attached hydrogens (tertiary/aromatic N) is 1. The van der Waals surface area contributed by atoms with Crippen LogP contribution < -0.4 is 0 Å². The fourth-order valence-electron chi connectivity index (χ4n) is 2.95. The van der Waals surface area contributed by atoms with Gasteiger partial charge >= 0.3 is 0 Å². The molecule has 0 bridgehead atoms. The quantitative estimate of drug-likeness (QED) is 0.915. The Balaban J connectivity index is 1.71. The van der Waals surface area contributed by atoms with E-state index < -0.39 is 0 Å². The molecule has 1 aliphatic carbocycles. The zero-order valence-electron chi connectivity index (χ0n) is 10.7. The number of aromatic nitrogens is 1. The van der Waals surface area contributed by atoms with Crippen LogP contribution in [0.3, 0.4) is 0 Å². The van der Waals surface area contributed by atoms with E-state index in [-0.39, 0.29) is 6.10 Å². The molecule has 1 aromatic carbocycles. The minimum atomic E-state index is -0.212. The van der Waals surface area contributed by atoms with Crippen molar-refractivity contribution in [3.8, 4) is 0 Å². The molecule has 0 saturated heterocycles. The van der Waals surface area contributed by atoms with Crippen LogP contribution in [-0.2, 0) is 6.42 Å². The molecule has 1 aliphatic rings. The second-order valence-electron chi connectivity index (χ2n) is 5.53. The summed E-state index contributed by atoms with van der Waals surface area (Å²) in [5.41, 5.74) is 1.06. The highest BCUT2D eigenvalue weighted by Gasteiger charge is 2.28. The van der Waals surface area contributed by atoms with E-state index in [0.717, 1.165) is 22.9 Å². The summed E-state index contributed by atoms with van der Waals surface area (Å²) in [4.78, 5) is 4.60. The van der Waals surface area contributed by atoms with E-state index in [2.05, 4.69) is 18.0 Å². The molecule has 1 saturated carbocycles. The van der Waals surface area contributed by atoms with Crippen LogP contribution >= 0.6 is 11.3 Å². The number of aliphatic hydroxyl groups excluding tert-OH is 1. The highest BCUT2D eigenvalue weighted by Crippen LogP contribution is 2.34. The average molecular weight is 261 g/mol. The molecule has 2 nitrogen and oxygen atoms in total. The number of hydrogen-bond acceptors (Lipinski definition) is 3. The van der Waals surface area contributed by atoms with Crippen LogP contribution in [0.25, 0.3) is 10.2 Å². The summed E-state index contributed by atoms with van der Waals surface area (Å²) < 4.78 is 1.22. The van der Waals surface area contributed by atoms with Crippen molar-refractivity contribution in [1.29, 1.82) is 0 Å². The third-order valence-electron chi connectivity index (χ3n) is 4.00. The predicted octanol–water partition coefficient (Wildman–Crippen LogP) is 3.64. The molecule has 3 rings (SSSR count). The Bertz CT molecular complexity index is 503. The van der Waals surface area contributed by atoms with E-state index in [1.807, 2.05) is 18.2 Å². The zero-order valence-corrected chi connectivity index (χ0v) is 11.5. The van der Waals surface area contributed by atoms with Gasteiger partial charge in [0.25, 0.3) is 0 Å². The molecule has 1 heterocycles. The Labute approximate surface area is 112 Å². The Kier molecular flexibility index (Phi) is 3.35. The standard InChI is InChI=1S/C15H19NOS/c1-10-6-7-11(8-10)13(17)9-15-16-12-4-2-3-5-14(12)18-15/h2-5,10-11,13,17H,6-9H2,1H3. The van der Waals surface area contributed by atoms with Gasteiger partial charge in [-0.1, -0.05) is 25.5 Å². The number of aliphatic hydroxyl groups is 1. The van der Waals surface area contributed by atoms with Crippen LogP contribution in [0.5, 0.6) is 0 Å². The second-order valence-corrected chi connectivity index (χ2v) is 6.64. The van der Waals surface area contributed by atoms with Gasteiger partial charge in [0, 0.05) is 6.42 Å². The van der Waals surface area contributed by atoms with Crippen LogP contribution in [0.4, 0.5) is 0 Å². The zero-order chi connectivity index (χ0) is 12.5. The van der Waals surface area contributed by atoms with E-state index in [1.165, 1.54) is 24.0 Å². The summed E-state index contributed by atoms with van der Waals surface area (Å²) in [7, 11) is 0. The van der Waals surface area contributed by atoms with Crippen molar-refractivity contribution in [1.82, 2.24) is 4.98 Å². The van der Waals surface area contributed by atoms with Gasteiger partial charge in [-0.2, -0.15) is 0 Å². The Morgan fingerprint density at radius 3 is 2.94 bits per heavy atom. The third kappa shape index (κ3) is 2.43. The van der Waals surface area contributed by atoms with Crippen LogP contribution in [0, 0.1) is 11.8 Å². The van der Waals surface area contributed by atoms with E-state index >= 15 is 0 Å². The normalized spacial score (nSPS) is 25.7. The topological polar surface area (TPSA) is 33.1 Å². The van der Waals surface area contributed by atoms with Crippen LogP contribution in [0.15, 0.2) is 24.3 Å². The Hall–Kier alpha value is -0.930. The fraction of sp³-hybridized carbons (Fsp3) is 0.533. The maximum Gasteiger partial charge on any atom is 0.0964 e. The smallest absolute Gasteiger partial charge is 0.0964 e. The van der Waals surface area contributed by atoms with Gasteiger partial charge in [0.2, 0.25) is 0 Å². The predicted molar refractivity (Wildman–Crippen MR) is 75.8 cm³/mol. The third-order valence-corrected chi connectivity index (χ3v) is 5.06. The molecule has 3 heteroatoms. The van der Waals surface area contributed by atoms with E-state index in [0.29, 0.717) is 5.92 Å². The van der Waals surface area contributed by atoms with Gasteiger partial charge in [-0.05, 0) is 36.8 Å². The van der Waals surface area contributed by atoms with Gasteiger partial charge in [0.15, 0.2) is 0 Å². The summed E-state index contributed by atoms with van der Waals surface area (Å²) in [5.74, 6) is 1.26. The van der Waals surface area contributed by atoms with E-state index in [9.17, 15) is 5.11 Å².